The first-order valence-electron chi connectivity index (χ1n) is 10.0. The van der Waals surface area contributed by atoms with Gasteiger partial charge in [-0.15, -0.1) is 20.4 Å². The van der Waals surface area contributed by atoms with E-state index in [9.17, 15) is 9.18 Å². The van der Waals surface area contributed by atoms with Crippen molar-refractivity contribution in [1.29, 1.82) is 0 Å². The number of benzene rings is 1. The highest BCUT2D eigenvalue weighted by atomic mass is 19.1. The molecule has 1 aliphatic rings. The van der Waals surface area contributed by atoms with Crippen molar-refractivity contribution in [2.24, 2.45) is 0 Å². The Labute approximate surface area is 187 Å². The Morgan fingerprint density at radius 2 is 2.00 bits per heavy atom. The fourth-order valence-electron chi connectivity index (χ4n) is 3.40. The maximum Gasteiger partial charge on any atom is 0.273 e. The normalized spacial score (nSPS) is 12.1. The molecule has 1 aromatic carbocycles. The van der Waals surface area contributed by atoms with E-state index in [2.05, 4.69) is 41.3 Å². The molecule has 0 bridgehead atoms. The van der Waals surface area contributed by atoms with Gasteiger partial charge in [0.05, 0.1) is 29.7 Å². The minimum atomic E-state index is -0.454. The van der Waals surface area contributed by atoms with Gasteiger partial charge in [-0.05, 0) is 24.3 Å². The number of hydrogen-bond donors (Lipinski definition) is 3. The molecular weight excluding hydrogens is 429 g/mol. The number of carbonyl (C=O) groups excluding carboxylic acids is 1. The van der Waals surface area contributed by atoms with Gasteiger partial charge < -0.3 is 25.3 Å². The summed E-state index contributed by atoms with van der Waals surface area (Å²) in [5.41, 5.74) is 1.86. The second kappa shape index (κ2) is 8.49. The van der Waals surface area contributed by atoms with Crippen LogP contribution in [0.2, 0.25) is 0 Å². The van der Waals surface area contributed by atoms with Gasteiger partial charge in [-0.3, -0.25) is 4.79 Å². The lowest BCUT2D eigenvalue weighted by atomic mass is 10.1. The maximum atomic E-state index is 13.2. The summed E-state index contributed by atoms with van der Waals surface area (Å²) in [7, 11) is 1.51. The van der Waals surface area contributed by atoms with Gasteiger partial charge in [0.2, 0.25) is 0 Å². The van der Waals surface area contributed by atoms with E-state index >= 15 is 0 Å². The second-order valence-electron chi connectivity index (χ2n) is 7.06. The monoisotopic (exact) mass is 447 g/mol. The molecule has 1 aliphatic heterocycles. The maximum absolute atomic E-state index is 13.2. The molecule has 3 aromatic heterocycles. The largest absolute Gasteiger partial charge is 0.489 e. The molecule has 4 aromatic rings. The van der Waals surface area contributed by atoms with E-state index in [0.717, 1.165) is 11.8 Å². The number of aromatic nitrogens is 6. The van der Waals surface area contributed by atoms with Crippen LogP contribution in [0.25, 0.3) is 11.4 Å². The van der Waals surface area contributed by atoms with E-state index in [-0.39, 0.29) is 5.69 Å². The lowest BCUT2D eigenvalue weighted by Gasteiger charge is -2.16. The average Bonchev–Trinajstić information content (AvgIpc) is 3.22. The Balaban J connectivity index is 1.53. The molecule has 4 heterocycles. The molecule has 166 valence electrons. The predicted molar refractivity (Wildman–Crippen MR) is 117 cm³/mol. The quantitative estimate of drug-likeness (QED) is 0.422. The summed E-state index contributed by atoms with van der Waals surface area (Å²) >= 11 is 0. The summed E-state index contributed by atoms with van der Waals surface area (Å²) in [4.78, 5) is 16.4. The number of halogens is 1. The number of anilines is 4. The molecule has 0 saturated heterocycles. The fourth-order valence-corrected chi connectivity index (χ4v) is 3.40. The third kappa shape index (κ3) is 4.01. The number of ether oxygens (including phenoxy) is 1. The number of rotatable bonds is 5. The number of pyridine rings is 1. The van der Waals surface area contributed by atoms with Crippen LogP contribution in [0, 0.1) is 5.82 Å². The van der Waals surface area contributed by atoms with Crippen molar-refractivity contribution in [3.8, 4) is 17.1 Å². The van der Waals surface area contributed by atoms with Crippen molar-refractivity contribution < 1.29 is 13.9 Å². The summed E-state index contributed by atoms with van der Waals surface area (Å²) < 4.78 is 21.1. The molecule has 33 heavy (non-hydrogen) atoms. The van der Waals surface area contributed by atoms with Crippen LogP contribution in [0.3, 0.4) is 0 Å². The first-order valence-corrected chi connectivity index (χ1v) is 10.0. The van der Waals surface area contributed by atoms with Crippen molar-refractivity contribution in [1.82, 2.24) is 35.3 Å². The zero-order valence-corrected chi connectivity index (χ0v) is 17.4. The zero-order chi connectivity index (χ0) is 22.8. The minimum absolute atomic E-state index is 0.0875. The molecule has 0 atom stereocenters. The van der Waals surface area contributed by atoms with E-state index in [1.165, 1.54) is 19.2 Å². The topological polar surface area (TPSA) is 132 Å². The average molecular weight is 447 g/mol. The molecule has 0 fully saturated rings. The summed E-state index contributed by atoms with van der Waals surface area (Å²) in [6, 6.07) is 9.93. The van der Waals surface area contributed by atoms with Crippen LogP contribution < -0.4 is 20.7 Å². The number of fused-ring (bicyclic) bond motifs is 3. The van der Waals surface area contributed by atoms with Crippen LogP contribution >= 0.6 is 0 Å². The van der Waals surface area contributed by atoms with Gasteiger partial charge in [0, 0.05) is 13.1 Å². The van der Waals surface area contributed by atoms with Crippen LogP contribution in [-0.4, -0.2) is 49.5 Å². The Morgan fingerprint density at radius 3 is 2.82 bits per heavy atom. The summed E-state index contributed by atoms with van der Waals surface area (Å²) in [6.07, 6.45) is 2.74. The Kier molecular flexibility index (Phi) is 5.23. The summed E-state index contributed by atoms with van der Waals surface area (Å²) in [5, 5.41) is 25.0. The molecule has 5 rings (SSSR count). The van der Waals surface area contributed by atoms with Crippen LogP contribution in [0.1, 0.15) is 10.5 Å². The van der Waals surface area contributed by atoms with Crippen LogP contribution in [-0.2, 0) is 6.54 Å². The van der Waals surface area contributed by atoms with Gasteiger partial charge in [-0.1, -0.05) is 6.07 Å². The minimum Gasteiger partial charge on any atom is -0.489 e. The highest BCUT2D eigenvalue weighted by Crippen LogP contribution is 2.39. The van der Waals surface area contributed by atoms with E-state index in [0.29, 0.717) is 47.7 Å². The molecule has 0 aliphatic carbocycles. The molecule has 0 unspecified atom stereocenters. The molecule has 0 radical (unpaired) electrons. The number of carbonyl (C=O) groups is 1. The van der Waals surface area contributed by atoms with Gasteiger partial charge in [-0.2, -0.15) is 0 Å². The van der Waals surface area contributed by atoms with Crippen molar-refractivity contribution in [3.05, 3.63) is 60.4 Å². The fraction of sp³-hybridized carbons (Fsp3) is 0.143. The number of nitrogens with one attached hydrogen (secondary N) is 3. The van der Waals surface area contributed by atoms with Crippen LogP contribution in [0.15, 0.2) is 48.9 Å². The number of nitrogens with zero attached hydrogens (tertiary/aromatic N) is 6. The predicted octanol–water partition coefficient (Wildman–Crippen LogP) is 2.51. The molecular formula is C21H18FN9O2. The van der Waals surface area contributed by atoms with Gasteiger partial charge in [0.25, 0.3) is 5.91 Å². The highest BCUT2D eigenvalue weighted by Gasteiger charge is 2.22. The molecule has 12 heteroatoms. The Bertz CT molecular complexity index is 1320. The van der Waals surface area contributed by atoms with Crippen LogP contribution in [0.4, 0.5) is 27.4 Å². The smallest absolute Gasteiger partial charge is 0.273 e. The molecule has 11 nitrogen and oxygen atoms in total. The molecule has 0 spiro atoms. The van der Waals surface area contributed by atoms with Crippen molar-refractivity contribution >= 4 is 28.9 Å². The Morgan fingerprint density at radius 1 is 1.09 bits per heavy atom. The van der Waals surface area contributed by atoms with Crippen molar-refractivity contribution in [2.45, 2.75) is 6.54 Å². The summed E-state index contributed by atoms with van der Waals surface area (Å²) in [6.45, 7) is 1.03. The summed E-state index contributed by atoms with van der Waals surface area (Å²) in [5.74, 6) is 1.09. The van der Waals surface area contributed by atoms with Gasteiger partial charge >= 0.3 is 0 Å². The molecule has 0 saturated carbocycles. The third-order valence-corrected chi connectivity index (χ3v) is 4.94. The lowest BCUT2D eigenvalue weighted by Crippen LogP contribution is -2.21. The standard InChI is InChI=1S/C21H18FN9O2/c1-23-21(32)18-15(9-17(28-29-18)27-16-6-5-12(22)10-24-16)26-14-4-2-3-13-19(14)33-8-7-31-11-25-30-20(13)31/h2-6,9-11H,7-8H2,1H3,(H,23,32)(H2,24,26,27,28). The zero-order valence-electron chi connectivity index (χ0n) is 17.4. The first kappa shape index (κ1) is 20.3. The number of para-hydroxylation sites is 1. The second-order valence-corrected chi connectivity index (χ2v) is 7.06. The van der Waals surface area contributed by atoms with Gasteiger partial charge in [0.15, 0.2) is 23.1 Å². The van der Waals surface area contributed by atoms with Crippen molar-refractivity contribution in [3.63, 3.8) is 0 Å². The lowest BCUT2D eigenvalue weighted by molar-refractivity contribution is 0.0958. The van der Waals surface area contributed by atoms with Crippen molar-refractivity contribution in [2.75, 3.05) is 24.3 Å². The van der Waals surface area contributed by atoms with E-state index in [1.807, 2.05) is 22.8 Å². The van der Waals surface area contributed by atoms with Crippen LogP contribution in [0.5, 0.6) is 5.75 Å². The number of hydrogen-bond acceptors (Lipinski definition) is 9. The van der Waals surface area contributed by atoms with Gasteiger partial charge in [0.1, 0.15) is 24.6 Å². The first-order chi connectivity index (χ1) is 16.1. The number of amides is 1. The van der Waals surface area contributed by atoms with E-state index in [4.69, 9.17) is 4.74 Å². The van der Waals surface area contributed by atoms with Gasteiger partial charge in [-0.25, -0.2) is 9.37 Å². The molecule has 1 amide bonds. The SMILES string of the molecule is CNC(=O)c1nnc(Nc2ccc(F)cn2)cc1Nc1cccc2c1OCCn1cnnc1-2. The highest BCUT2D eigenvalue weighted by molar-refractivity contribution is 5.99. The Hall–Kier alpha value is -4.61. The van der Waals surface area contributed by atoms with E-state index in [1.54, 1.807) is 12.4 Å². The van der Waals surface area contributed by atoms with E-state index < -0.39 is 11.7 Å². The molecule has 3 N–H and O–H groups in total. The third-order valence-electron chi connectivity index (χ3n) is 4.94.